The van der Waals surface area contributed by atoms with Gasteiger partial charge in [-0.05, 0) is 68.7 Å². The second-order valence-electron chi connectivity index (χ2n) is 7.96. The Kier molecular flexibility index (Phi) is 6.38. The van der Waals surface area contributed by atoms with Gasteiger partial charge in [0.05, 0.1) is 23.4 Å². The molecular formula is C20H26BrN5O3. The molecule has 0 saturated carbocycles. The van der Waals surface area contributed by atoms with Crippen molar-refractivity contribution in [3.8, 4) is 0 Å². The van der Waals surface area contributed by atoms with Gasteiger partial charge in [0, 0.05) is 16.9 Å². The predicted molar refractivity (Wildman–Crippen MR) is 114 cm³/mol. The summed E-state index contributed by atoms with van der Waals surface area (Å²) < 4.78 is 12.2. The molecule has 8 nitrogen and oxygen atoms in total. The Bertz CT molecular complexity index is 856. The number of anilines is 2. The normalized spacial score (nSPS) is 19.0. The van der Waals surface area contributed by atoms with Crippen LogP contribution in [0, 0.1) is 0 Å². The minimum atomic E-state index is -0.438. The van der Waals surface area contributed by atoms with E-state index in [9.17, 15) is 4.79 Å². The number of ether oxygens (including phenoxy) is 2. The average molecular weight is 464 g/mol. The molecule has 156 valence electrons. The molecule has 0 aliphatic carbocycles. The first-order valence-electron chi connectivity index (χ1n) is 9.49. The van der Waals surface area contributed by atoms with Crippen molar-refractivity contribution in [2.75, 3.05) is 16.8 Å². The molecule has 1 aliphatic heterocycles. The fraction of sp³-hybridized carbons (Fsp3) is 0.500. The smallest absolute Gasteiger partial charge is 0.416 e. The lowest BCUT2D eigenvalue weighted by Crippen LogP contribution is -2.45. The van der Waals surface area contributed by atoms with Crippen LogP contribution in [0.25, 0.3) is 0 Å². The van der Waals surface area contributed by atoms with Crippen LogP contribution in [0.4, 0.5) is 16.6 Å². The van der Waals surface area contributed by atoms with Crippen LogP contribution in [0.3, 0.4) is 0 Å². The summed E-state index contributed by atoms with van der Waals surface area (Å²) in [6, 6.07) is 5.17. The summed E-state index contributed by atoms with van der Waals surface area (Å²) in [4.78, 5) is 27.1. The Morgan fingerprint density at radius 2 is 2.03 bits per heavy atom. The Morgan fingerprint density at radius 3 is 2.69 bits per heavy atom. The molecule has 0 spiro atoms. The van der Waals surface area contributed by atoms with E-state index in [1.54, 1.807) is 18.5 Å². The summed E-state index contributed by atoms with van der Waals surface area (Å²) in [7, 11) is 0. The lowest BCUT2D eigenvalue weighted by atomic mass is 10.1. The second kappa shape index (κ2) is 8.62. The highest BCUT2D eigenvalue weighted by molar-refractivity contribution is 9.10. The molecule has 2 aromatic rings. The van der Waals surface area contributed by atoms with E-state index in [-0.39, 0.29) is 30.4 Å². The summed E-state index contributed by atoms with van der Waals surface area (Å²) in [6.45, 7) is 10.1. The van der Waals surface area contributed by atoms with Crippen LogP contribution in [0.15, 0.2) is 35.1 Å². The molecule has 3 atom stereocenters. The van der Waals surface area contributed by atoms with E-state index in [1.807, 2.05) is 46.8 Å². The van der Waals surface area contributed by atoms with Crippen LogP contribution in [-0.2, 0) is 9.47 Å². The molecule has 1 aliphatic rings. The molecule has 1 fully saturated rings. The molecule has 29 heavy (non-hydrogen) atoms. The Labute approximate surface area is 179 Å². The average Bonchev–Trinajstić information content (AvgIpc) is 3.03. The van der Waals surface area contributed by atoms with Crippen molar-refractivity contribution in [1.82, 2.24) is 15.0 Å². The molecule has 0 bridgehead atoms. The molecule has 0 aromatic carbocycles. The number of aromatic nitrogens is 3. The van der Waals surface area contributed by atoms with Crippen LogP contribution in [0.5, 0.6) is 0 Å². The third-order valence-electron chi connectivity index (χ3n) is 4.41. The fourth-order valence-electron chi connectivity index (χ4n) is 3.15. The highest BCUT2D eigenvalue weighted by atomic mass is 79.9. The maximum atomic E-state index is 12.4. The van der Waals surface area contributed by atoms with E-state index in [1.165, 1.54) is 4.90 Å². The first kappa shape index (κ1) is 21.4. The number of amides is 1. The van der Waals surface area contributed by atoms with Gasteiger partial charge in [0.1, 0.15) is 18.5 Å². The van der Waals surface area contributed by atoms with Gasteiger partial charge in [0.2, 0.25) is 5.95 Å². The van der Waals surface area contributed by atoms with E-state index in [0.717, 1.165) is 10.2 Å². The number of hydrogen-bond acceptors (Lipinski definition) is 7. The SMILES string of the molecule is C[C@H](Nc1nccc(N2C(=O)OCC2[C@@H](C)OC(C)(C)C)n1)c1ccc(Br)cn1. The van der Waals surface area contributed by atoms with E-state index in [0.29, 0.717) is 11.8 Å². The standard InChI is InChI=1S/C20H26BrN5O3/c1-12(15-7-6-14(21)10-23-15)24-18-22-9-8-17(25-18)26-16(11-28-19(26)27)13(2)29-20(3,4)5/h6-10,12-13,16H,11H2,1-5H3,(H,22,24,25)/t12-,13+,16?/m0/s1. The van der Waals surface area contributed by atoms with Gasteiger partial charge < -0.3 is 14.8 Å². The first-order chi connectivity index (χ1) is 13.6. The third kappa shape index (κ3) is 5.42. The van der Waals surface area contributed by atoms with Gasteiger partial charge in [-0.2, -0.15) is 4.98 Å². The first-order valence-corrected chi connectivity index (χ1v) is 10.3. The van der Waals surface area contributed by atoms with Crippen LogP contribution in [0.1, 0.15) is 46.4 Å². The monoisotopic (exact) mass is 463 g/mol. The zero-order valence-corrected chi connectivity index (χ0v) is 18.8. The molecule has 2 aromatic heterocycles. The zero-order valence-electron chi connectivity index (χ0n) is 17.2. The van der Waals surface area contributed by atoms with Crippen LogP contribution in [0.2, 0.25) is 0 Å². The predicted octanol–water partition coefficient (Wildman–Crippen LogP) is 4.34. The molecule has 0 radical (unpaired) electrons. The highest BCUT2D eigenvalue weighted by Gasteiger charge is 2.40. The molecule has 1 N–H and O–H groups in total. The van der Waals surface area contributed by atoms with Crippen molar-refractivity contribution in [3.05, 3.63) is 40.8 Å². The summed E-state index contributed by atoms with van der Waals surface area (Å²) >= 11 is 3.38. The van der Waals surface area contributed by atoms with Crippen molar-refractivity contribution in [2.45, 2.75) is 58.4 Å². The number of rotatable bonds is 6. The lowest BCUT2D eigenvalue weighted by Gasteiger charge is -2.31. The third-order valence-corrected chi connectivity index (χ3v) is 4.88. The molecular weight excluding hydrogens is 438 g/mol. The summed E-state index contributed by atoms with van der Waals surface area (Å²) in [6.07, 6.45) is 2.70. The number of cyclic esters (lactones) is 1. The number of nitrogens with one attached hydrogen (secondary N) is 1. The van der Waals surface area contributed by atoms with Crippen molar-refractivity contribution >= 4 is 33.8 Å². The van der Waals surface area contributed by atoms with E-state index >= 15 is 0 Å². The highest BCUT2D eigenvalue weighted by Crippen LogP contribution is 2.27. The van der Waals surface area contributed by atoms with Crippen molar-refractivity contribution < 1.29 is 14.3 Å². The van der Waals surface area contributed by atoms with Gasteiger partial charge in [-0.25, -0.2) is 9.78 Å². The Balaban J connectivity index is 1.78. The number of nitrogens with zero attached hydrogens (tertiary/aromatic N) is 4. The summed E-state index contributed by atoms with van der Waals surface area (Å²) in [5.41, 5.74) is 0.523. The second-order valence-corrected chi connectivity index (χ2v) is 8.87. The van der Waals surface area contributed by atoms with Gasteiger partial charge in [0.25, 0.3) is 0 Å². The summed E-state index contributed by atoms with van der Waals surface area (Å²) in [5.74, 6) is 0.873. The Morgan fingerprint density at radius 1 is 1.28 bits per heavy atom. The maximum Gasteiger partial charge on any atom is 0.416 e. The van der Waals surface area contributed by atoms with Crippen LogP contribution in [-0.4, -0.2) is 45.4 Å². The summed E-state index contributed by atoms with van der Waals surface area (Å²) in [5, 5.41) is 3.23. The van der Waals surface area contributed by atoms with Gasteiger partial charge in [-0.1, -0.05) is 0 Å². The minimum absolute atomic E-state index is 0.108. The number of hydrogen-bond donors (Lipinski definition) is 1. The Hall–Kier alpha value is -2.26. The molecule has 9 heteroatoms. The molecule has 3 heterocycles. The molecule has 3 rings (SSSR count). The molecule has 1 saturated heterocycles. The number of halogens is 1. The van der Waals surface area contributed by atoms with Gasteiger partial charge in [-0.15, -0.1) is 0 Å². The number of carbonyl (C=O) groups excluding carboxylic acids is 1. The molecule has 1 amide bonds. The number of carbonyl (C=O) groups is 1. The van der Waals surface area contributed by atoms with Crippen LogP contribution >= 0.6 is 15.9 Å². The largest absolute Gasteiger partial charge is 0.447 e. The van der Waals surface area contributed by atoms with Gasteiger partial charge in [0.15, 0.2) is 0 Å². The quantitative estimate of drug-likeness (QED) is 0.681. The maximum absolute atomic E-state index is 12.4. The fourth-order valence-corrected chi connectivity index (χ4v) is 3.38. The van der Waals surface area contributed by atoms with E-state index in [4.69, 9.17) is 9.47 Å². The number of pyridine rings is 1. The van der Waals surface area contributed by atoms with Crippen LogP contribution < -0.4 is 10.2 Å². The minimum Gasteiger partial charge on any atom is -0.447 e. The van der Waals surface area contributed by atoms with Gasteiger partial charge in [-0.3, -0.25) is 9.88 Å². The van der Waals surface area contributed by atoms with Gasteiger partial charge >= 0.3 is 6.09 Å². The van der Waals surface area contributed by atoms with Crippen molar-refractivity contribution in [1.29, 1.82) is 0 Å². The topological polar surface area (TPSA) is 89.5 Å². The van der Waals surface area contributed by atoms with E-state index < -0.39 is 6.09 Å². The van der Waals surface area contributed by atoms with Crippen molar-refractivity contribution in [2.24, 2.45) is 0 Å². The molecule has 1 unspecified atom stereocenters. The van der Waals surface area contributed by atoms with Crippen molar-refractivity contribution in [3.63, 3.8) is 0 Å². The lowest BCUT2D eigenvalue weighted by molar-refractivity contribution is -0.0618. The van der Waals surface area contributed by atoms with E-state index in [2.05, 4.69) is 36.2 Å². The zero-order chi connectivity index (χ0) is 21.2.